The van der Waals surface area contributed by atoms with Gasteiger partial charge in [0.2, 0.25) is 11.8 Å². The highest BCUT2D eigenvalue weighted by Gasteiger charge is 2.44. The zero-order chi connectivity index (χ0) is 23.1. The van der Waals surface area contributed by atoms with Gasteiger partial charge >= 0.3 is 6.03 Å². The lowest BCUT2D eigenvalue weighted by molar-refractivity contribution is -0.143. The molecule has 3 aliphatic rings. The Hall–Kier alpha value is -2.97. The average Bonchev–Trinajstić information content (AvgIpc) is 3.52. The second kappa shape index (κ2) is 8.18. The number of benzene rings is 1. The molecule has 0 N–H and O–H groups in total. The van der Waals surface area contributed by atoms with Crippen molar-refractivity contribution in [2.75, 3.05) is 13.1 Å². The van der Waals surface area contributed by atoms with Gasteiger partial charge in [-0.05, 0) is 18.3 Å². The largest absolute Gasteiger partial charge is 0.333 e. The van der Waals surface area contributed by atoms with Crippen LogP contribution in [-0.4, -0.2) is 46.7 Å². The Morgan fingerprint density at radius 3 is 2.03 bits per heavy atom. The van der Waals surface area contributed by atoms with Crippen LogP contribution in [0.1, 0.15) is 31.2 Å². The van der Waals surface area contributed by atoms with Crippen LogP contribution in [0.25, 0.3) is 0 Å². The molecule has 0 radical (unpaired) electrons. The Labute approximate surface area is 182 Å². The lowest BCUT2D eigenvalue weighted by atomic mass is 9.99. The van der Waals surface area contributed by atoms with E-state index in [1.807, 2.05) is 0 Å². The fourth-order valence-corrected chi connectivity index (χ4v) is 4.00. The molecule has 0 bridgehead atoms. The van der Waals surface area contributed by atoms with E-state index < -0.39 is 62.0 Å². The van der Waals surface area contributed by atoms with Crippen molar-refractivity contribution in [1.82, 2.24) is 9.80 Å². The molecule has 1 aliphatic heterocycles. The van der Waals surface area contributed by atoms with Gasteiger partial charge < -0.3 is 0 Å². The van der Waals surface area contributed by atoms with Crippen LogP contribution in [0, 0.1) is 11.8 Å². The van der Waals surface area contributed by atoms with Gasteiger partial charge in [0.25, 0.3) is 11.8 Å². The minimum Gasteiger partial charge on any atom is -0.274 e. The number of alkyl halides is 4. The molecule has 32 heavy (non-hydrogen) atoms. The van der Waals surface area contributed by atoms with E-state index in [1.54, 1.807) is 12.1 Å². The quantitative estimate of drug-likeness (QED) is 0.433. The standard InChI is InChI=1S/C23H22F4N2O3/c24-22(25,17-4-2-1-3-5-17)8-10-28-19(30)14-20(31)29(21(28)32)11-9-23(26,27)18-7-6-15-12-16(15)13-18/h1-7,13,15-16H,8-12,14H2. The summed E-state index contributed by atoms with van der Waals surface area (Å²) in [7, 11) is 0. The number of carbonyl (C=O) groups excluding carboxylic acids is 3. The summed E-state index contributed by atoms with van der Waals surface area (Å²) < 4.78 is 58.1. The first-order chi connectivity index (χ1) is 15.1. The van der Waals surface area contributed by atoms with Gasteiger partial charge in [-0.1, -0.05) is 48.6 Å². The molecule has 2 atom stereocenters. The number of barbiturate groups is 1. The van der Waals surface area contributed by atoms with Gasteiger partial charge in [-0.3, -0.25) is 19.4 Å². The molecule has 5 nitrogen and oxygen atoms in total. The maximum atomic E-state index is 14.6. The zero-order valence-electron chi connectivity index (χ0n) is 17.1. The summed E-state index contributed by atoms with van der Waals surface area (Å²) in [6.07, 6.45) is 3.09. The van der Waals surface area contributed by atoms with E-state index in [1.165, 1.54) is 36.4 Å². The van der Waals surface area contributed by atoms with Gasteiger partial charge in [0.15, 0.2) is 0 Å². The molecule has 4 amide bonds. The second-order valence-electron chi connectivity index (χ2n) is 8.37. The number of allylic oxidation sites excluding steroid dienone is 4. The number of urea groups is 1. The summed E-state index contributed by atoms with van der Waals surface area (Å²) in [5.74, 6) is -7.95. The van der Waals surface area contributed by atoms with Crippen LogP contribution in [0.3, 0.4) is 0 Å². The molecular formula is C23H22F4N2O3. The van der Waals surface area contributed by atoms with Gasteiger partial charge in [0.05, 0.1) is 0 Å². The number of imide groups is 2. The number of amides is 4. The van der Waals surface area contributed by atoms with E-state index in [4.69, 9.17) is 0 Å². The van der Waals surface area contributed by atoms with Crippen molar-refractivity contribution in [2.24, 2.45) is 11.8 Å². The van der Waals surface area contributed by atoms with Gasteiger partial charge in [-0.25, -0.2) is 22.4 Å². The van der Waals surface area contributed by atoms with E-state index in [0.29, 0.717) is 15.7 Å². The zero-order valence-corrected chi connectivity index (χ0v) is 17.1. The molecule has 1 saturated carbocycles. The van der Waals surface area contributed by atoms with Gasteiger partial charge in [-0.2, -0.15) is 0 Å². The van der Waals surface area contributed by atoms with Crippen molar-refractivity contribution in [1.29, 1.82) is 0 Å². The molecule has 4 rings (SSSR count). The minimum absolute atomic E-state index is 0.110. The monoisotopic (exact) mass is 450 g/mol. The lowest BCUT2D eigenvalue weighted by Gasteiger charge is -2.34. The van der Waals surface area contributed by atoms with Crippen LogP contribution >= 0.6 is 0 Å². The van der Waals surface area contributed by atoms with Gasteiger partial charge in [-0.15, -0.1) is 0 Å². The van der Waals surface area contributed by atoms with Crippen molar-refractivity contribution < 1.29 is 31.9 Å². The Morgan fingerprint density at radius 1 is 0.844 bits per heavy atom. The van der Waals surface area contributed by atoms with Crippen molar-refractivity contribution in [3.8, 4) is 0 Å². The maximum Gasteiger partial charge on any atom is 0.333 e. The van der Waals surface area contributed by atoms with Gasteiger partial charge in [0, 0.05) is 37.1 Å². The molecule has 1 saturated heterocycles. The normalized spacial score (nSPS) is 23.4. The average molecular weight is 450 g/mol. The third kappa shape index (κ3) is 4.47. The highest BCUT2D eigenvalue weighted by molar-refractivity contribution is 6.14. The molecule has 1 aromatic carbocycles. The number of hydrogen-bond donors (Lipinski definition) is 0. The van der Waals surface area contributed by atoms with E-state index in [-0.39, 0.29) is 17.1 Å². The molecule has 1 aromatic rings. The van der Waals surface area contributed by atoms with Crippen LogP contribution in [0.2, 0.25) is 0 Å². The predicted molar refractivity (Wildman–Crippen MR) is 107 cm³/mol. The van der Waals surface area contributed by atoms with Gasteiger partial charge in [0.1, 0.15) is 6.42 Å². The van der Waals surface area contributed by atoms with E-state index in [9.17, 15) is 31.9 Å². The lowest BCUT2D eigenvalue weighted by Crippen LogP contribution is -2.56. The summed E-state index contributed by atoms with van der Waals surface area (Å²) in [4.78, 5) is 38.1. The number of nitrogens with zero attached hydrogens (tertiary/aromatic N) is 2. The van der Waals surface area contributed by atoms with Crippen LogP contribution < -0.4 is 0 Å². The van der Waals surface area contributed by atoms with Crippen LogP contribution in [-0.2, 0) is 15.5 Å². The van der Waals surface area contributed by atoms with Crippen molar-refractivity contribution in [2.45, 2.75) is 37.5 Å². The van der Waals surface area contributed by atoms with Crippen molar-refractivity contribution in [3.63, 3.8) is 0 Å². The Morgan fingerprint density at radius 2 is 1.44 bits per heavy atom. The molecule has 0 aromatic heterocycles. The first-order valence-corrected chi connectivity index (χ1v) is 10.4. The highest BCUT2D eigenvalue weighted by Crippen LogP contribution is 2.47. The topological polar surface area (TPSA) is 57.7 Å². The first kappa shape index (κ1) is 22.2. The summed E-state index contributed by atoms with van der Waals surface area (Å²) >= 11 is 0. The second-order valence-corrected chi connectivity index (χ2v) is 8.37. The summed E-state index contributed by atoms with van der Waals surface area (Å²) in [6, 6.07) is 5.80. The molecule has 1 heterocycles. The Kier molecular flexibility index (Phi) is 5.68. The number of carbonyl (C=O) groups is 3. The fourth-order valence-electron chi connectivity index (χ4n) is 4.00. The first-order valence-electron chi connectivity index (χ1n) is 10.4. The summed E-state index contributed by atoms with van der Waals surface area (Å²) in [6.45, 7) is -1.24. The van der Waals surface area contributed by atoms with Crippen LogP contribution in [0.15, 0.2) is 54.1 Å². The predicted octanol–water partition coefficient (Wildman–Crippen LogP) is 4.51. The number of hydrogen-bond acceptors (Lipinski definition) is 3. The smallest absolute Gasteiger partial charge is 0.274 e. The maximum absolute atomic E-state index is 14.6. The SMILES string of the molecule is O=C1CC(=O)N(CCC(F)(F)c2ccccc2)C(=O)N1CCC(F)(F)C1=CC2CC2C=C1. The Balaban J connectivity index is 1.40. The Bertz CT molecular complexity index is 990. The molecule has 2 aliphatic carbocycles. The van der Waals surface area contributed by atoms with Crippen LogP contribution in [0.5, 0.6) is 0 Å². The molecule has 0 spiro atoms. The number of halogens is 4. The summed E-state index contributed by atoms with van der Waals surface area (Å²) in [5.41, 5.74) is -0.417. The van der Waals surface area contributed by atoms with Crippen molar-refractivity contribution in [3.05, 3.63) is 59.7 Å². The van der Waals surface area contributed by atoms with Crippen LogP contribution in [0.4, 0.5) is 22.4 Å². The molecule has 9 heteroatoms. The molecule has 2 unspecified atom stereocenters. The fraction of sp³-hybridized carbons (Fsp3) is 0.435. The third-order valence-electron chi connectivity index (χ3n) is 6.09. The van der Waals surface area contributed by atoms with E-state index in [2.05, 4.69) is 0 Å². The molecule has 170 valence electrons. The number of fused-ring (bicyclic) bond motifs is 1. The molecular weight excluding hydrogens is 428 g/mol. The van der Waals surface area contributed by atoms with E-state index in [0.717, 1.165) is 6.42 Å². The third-order valence-corrected chi connectivity index (χ3v) is 6.09. The molecule has 2 fully saturated rings. The highest BCUT2D eigenvalue weighted by atomic mass is 19.3. The van der Waals surface area contributed by atoms with E-state index >= 15 is 0 Å². The van der Waals surface area contributed by atoms with Crippen molar-refractivity contribution >= 4 is 17.8 Å². The number of rotatable bonds is 8. The summed E-state index contributed by atoms with van der Waals surface area (Å²) in [5, 5.41) is 0. The minimum atomic E-state index is -3.30.